The lowest BCUT2D eigenvalue weighted by atomic mass is 10.1. The molecule has 0 unspecified atom stereocenters. The molecule has 0 amide bonds. The zero-order valence-corrected chi connectivity index (χ0v) is 8.87. The van der Waals surface area contributed by atoms with Crippen molar-refractivity contribution in [1.29, 1.82) is 0 Å². The number of aromatic nitrogens is 1. The molecule has 0 spiro atoms. The maximum Gasteiger partial charge on any atom is 0.310 e. The van der Waals surface area contributed by atoms with E-state index in [0.29, 0.717) is 0 Å². The van der Waals surface area contributed by atoms with Crippen LogP contribution in [0.25, 0.3) is 0 Å². The van der Waals surface area contributed by atoms with Crippen LogP contribution in [0, 0.1) is 0 Å². The summed E-state index contributed by atoms with van der Waals surface area (Å²) in [5.74, 6) is -0.631. The van der Waals surface area contributed by atoms with Gasteiger partial charge < -0.3 is 9.47 Å². The van der Waals surface area contributed by atoms with Gasteiger partial charge in [-0.2, -0.15) is 0 Å². The Morgan fingerprint density at radius 1 is 1.44 bits per heavy atom. The molecule has 88 valence electrons. The average Bonchev–Trinajstić information content (AvgIpc) is 2.28. The van der Waals surface area contributed by atoms with Crippen LogP contribution in [0.3, 0.4) is 0 Å². The first-order chi connectivity index (χ1) is 7.60. The van der Waals surface area contributed by atoms with E-state index in [-0.39, 0.29) is 23.3 Å². The van der Waals surface area contributed by atoms with E-state index in [4.69, 9.17) is 4.74 Å². The average molecular weight is 231 g/mol. The lowest BCUT2D eigenvalue weighted by molar-refractivity contribution is -0.139. The number of nitrogens with zero attached hydrogens (tertiary/aromatic N) is 1. The monoisotopic (exact) mass is 231 g/mol. The van der Waals surface area contributed by atoms with Crippen LogP contribution in [-0.2, 0) is 16.0 Å². The Labute approximate surface area is 91.2 Å². The highest BCUT2D eigenvalue weighted by atomic mass is 19.3. The van der Waals surface area contributed by atoms with Gasteiger partial charge in [0.15, 0.2) is 0 Å². The van der Waals surface area contributed by atoms with Gasteiger partial charge in [-0.15, -0.1) is 0 Å². The molecule has 0 atom stereocenters. The van der Waals surface area contributed by atoms with E-state index in [1.807, 2.05) is 0 Å². The number of halogens is 2. The van der Waals surface area contributed by atoms with Gasteiger partial charge in [-0.05, 0) is 5.56 Å². The predicted molar refractivity (Wildman–Crippen MR) is 51.5 cm³/mol. The van der Waals surface area contributed by atoms with Gasteiger partial charge in [0.2, 0.25) is 0 Å². The van der Waals surface area contributed by atoms with E-state index in [1.54, 1.807) is 0 Å². The molecule has 0 saturated carbocycles. The summed E-state index contributed by atoms with van der Waals surface area (Å²) in [6.45, 7) is 0. The number of carbonyl (C=O) groups is 1. The van der Waals surface area contributed by atoms with Gasteiger partial charge in [0, 0.05) is 6.20 Å². The Bertz CT molecular complexity index is 382. The third-order valence-electron chi connectivity index (χ3n) is 2.03. The zero-order valence-electron chi connectivity index (χ0n) is 8.87. The second-order valence-electron chi connectivity index (χ2n) is 2.97. The normalized spacial score (nSPS) is 10.3. The van der Waals surface area contributed by atoms with Gasteiger partial charge >= 0.3 is 5.97 Å². The quantitative estimate of drug-likeness (QED) is 0.740. The lowest BCUT2D eigenvalue weighted by Crippen LogP contribution is -2.08. The Morgan fingerprint density at radius 3 is 2.62 bits per heavy atom. The molecule has 0 aliphatic rings. The Morgan fingerprint density at radius 2 is 2.12 bits per heavy atom. The van der Waals surface area contributed by atoms with Crippen LogP contribution in [0.2, 0.25) is 0 Å². The van der Waals surface area contributed by atoms with Crippen molar-refractivity contribution in [2.75, 3.05) is 14.2 Å². The van der Waals surface area contributed by atoms with E-state index >= 15 is 0 Å². The number of hydrogen-bond donors (Lipinski definition) is 0. The minimum Gasteiger partial charge on any atom is -0.495 e. The molecular weight excluding hydrogens is 220 g/mol. The first-order valence-corrected chi connectivity index (χ1v) is 4.45. The molecule has 16 heavy (non-hydrogen) atoms. The maximum atomic E-state index is 12.8. The Kier molecular flexibility index (Phi) is 4.16. The number of methoxy groups -OCH3 is 2. The van der Waals surface area contributed by atoms with Crippen molar-refractivity contribution in [3.05, 3.63) is 23.5 Å². The molecule has 0 N–H and O–H groups in total. The molecule has 1 heterocycles. The minimum absolute atomic E-state index is 0.0311. The second-order valence-corrected chi connectivity index (χ2v) is 2.97. The molecule has 6 heteroatoms. The molecule has 0 fully saturated rings. The largest absolute Gasteiger partial charge is 0.495 e. The van der Waals surface area contributed by atoms with Crippen molar-refractivity contribution in [3.63, 3.8) is 0 Å². The smallest absolute Gasteiger partial charge is 0.310 e. The van der Waals surface area contributed by atoms with Crippen LogP contribution in [0.1, 0.15) is 17.6 Å². The zero-order chi connectivity index (χ0) is 12.1. The highest BCUT2D eigenvalue weighted by Gasteiger charge is 2.20. The molecule has 1 aromatic rings. The first kappa shape index (κ1) is 12.4. The SMILES string of the molecule is COC(=O)Cc1cncc(OC)c1C(F)F. The van der Waals surface area contributed by atoms with E-state index in [2.05, 4.69) is 9.72 Å². The van der Waals surface area contributed by atoms with Crippen molar-refractivity contribution in [2.45, 2.75) is 12.8 Å². The molecule has 1 rings (SSSR count). The molecule has 0 aliphatic heterocycles. The molecule has 0 saturated heterocycles. The summed E-state index contributed by atoms with van der Waals surface area (Å²) in [5.41, 5.74) is -0.205. The van der Waals surface area contributed by atoms with Gasteiger partial charge in [0.1, 0.15) is 5.75 Å². The van der Waals surface area contributed by atoms with Gasteiger partial charge in [0.25, 0.3) is 6.43 Å². The molecule has 0 bridgehead atoms. The summed E-state index contributed by atoms with van der Waals surface area (Å²) >= 11 is 0. The Balaban J connectivity index is 3.11. The second kappa shape index (κ2) is 5.39. The Hall–Kier alpha value is -1.72. The molecule has 0 aliphatic carbocycles. The molecular formula is C10H11F2NO3. The van der Waals surface area contributed by atoms with Gasteiger partial charge in [-0.25, -0.2) is 8.78 Å². The van der Waals surface area contributed by atoms with Crippen molar-refractivity contribution in [1.82, 2.24) is 4.98 Å². The fraction of sp³-hybridized carbons (Fsp3) is 0.400. The lowest BCUT2D eigenvalue weighted by Gasteiger charge is -2.11. The first-order valence-electron chi connectivity index (χ1n) is 4.45. The van der Waals surface area contributed by atoms with Crippen LogP contribution in [0.4, 0.5) is 8.78 Å². The maximum absolute atomic E-state index is 12.8. The van der Waals surface area contributed by atoms with Crippen molar-refractivity contribution < 1.29 is 23.0 Å². The number of alkyl halides is 2. The van der Waals surface area contributed by atoms with Crippen LogP contribution >= 0.6 is 0 Å². The van der Waals surface area contributed by atoms with Crippen LogP contribution in [0.5, 0.6) is 5.75 Å². The summed E-state index contributed by atoms with van der Waals surface area (Å²) < 4.78 is 34.7. The predicted octanol–water partition coefficient (Wildman–Crippen LogP) is 1.74. The fourth-order valence-electron chi connectivity index (χ4n) is 1.27. The number of esters is 1. The molecule has 0 radical (unpaired) electrons. The summed E-state index contributed by atoms with van der Waals surface area (Å²) in [4.78, 5) is 14.7. The van der Waals surface area contributed by atoms with Crippen LogP contribution < -0.4 is 4.74 Å². The van der Waals surface area contributed by atoms with Crippen LogP contribution in [-0.4, -0.2) is 25.2 Å². The number of pyridine rings is 1. The number of carbonyl (C=O) groups excluding carboxylic acids is 1. The van der Waals surface area contributed by atoms with E-state index < -0.39 is 12.4 Å². The number of ether oxygens (including phenoxy) is 2. The summed E-state index contributed by atoms with van der Waals surface area (Å²) in [5, 5.41) is 0. The molecule has 1 aromatic heterocycles. The topological polar surface area (TPSA) is 48.4 Å². The third-order valence-corrected chi connectivity index (χ3v) is 2.03. The third kappa shape index (κ3) is 2.65. The van der Waals surface area contributed by atoms with Crippen molar-refractivity contribution in [3.8, 4) is 5.75 Å². The van der Waals surface area contributed by atoms with Gasteiger partial charge in [-0.1, -0.05) is 0 Å². The van der Waals surface area contributed by atoms with Crippen molar-refractivity contribution in [2.24, 2.45) is 0 Å². The highest BCUT2D eigenvalue weighted by molar-refractivity contribution is 5.73. The summed E-state index contributed by atoms with van der Waals surface area (Å²) in [6, 6.07) is 0. The number of hydrogen-bond acceptors (Lipinski definition) is 4. The standard InChI is InChI=1S/C10H11F2NO3/c1-15-7-5-13-4-6(3-8(14)16-2)9(7)10(11)12/h4-5,10H,3H2,1-2H3. The number of rotatable bonds is 4. The van der Waals surface area contributed by atoms with Gasteiger partial charge in [-0.3, -0.25) is 9.78 Å². The van der Waals surface area contributed by atoms with E-state index in [9.17, 15) is 13.6 Å². The summed E-state index contributed by atoms with van der Waals surface area (Å²) in [6.07, 6.45) is -0.582. The van der Waals surface area contributed by atoms with Crippen molar-refractivity contribution >= 4 is 5.97 Å². The summed E-state index contributed by atoms with van der Waals surface area (Å²) in [7, 11) is 2.46. The van der Waals surface area contributed by atoms with Crippen LogP contribution in [0.15, 0.2) is 12.4 Å². The molecule has 4 nitrogen and oxygen atoms in total. The minimum atomic E-state index is -2.72. The van der Waals surface area contributed by atoms with E-state index in [0.717, 1.165) is 0 Å². The highest BCUT2D eigenvalue weighted by Crippen LogP contribution is 2.31. The molecule has 0 aromatic carbocycles. The fourth-order valence-corrected chi connectivity index (χ4v) is 1.27. The van der Waals surface area contributed by atoms with Gasteiger partial charge in [0.05, 0.1) is 32.4 Å². The van der Waals surface area contributed by atoms with E-state index in [1.165, 1.54) is 26.6 Å².